The second kappa shape index (κ2) is 6.40. The first-order chi connectivity index (χ1) is 7.67. The molecule has 0 aliphatic heterocycles. The minimum Gasteiger partial charge on any atom is -0.497 e. The Bertz CT molecular complexity index is 340. The summed E-state index contributed by atoms with van der Waals surface area (Å²) in [5, 5.41) is -0.201. The summed E-state index contributed by atoms with van der Waals surface area (Å²) in [6.45, 7) is 1.82. The molecule has 0 heterocycles. The highest BCUT2D eigenvalue weighted by molar-refractivity contribution is 8.00. The molecule has 1 aromatic carbocycles. The number of amides is 1. The fourth-order valence-electron chi connectivity index (χ4n) is 1.10. The van der Waals surface area contributed by atoms with Crippen molar-refractivity contribution in [2.24, 2.45) is 0 Å². The normalized spacial score (nSPS) is 11.9. The van der Waals surface area contributed by atoms with Gasteiger partial charge in [0.25, 0.3) is 5.91 Å². The van der Waals surface area contributed by atoms with Gasteiger partial charge < -0.3 is 4.74 Å². The number of hydroxylamine groups is 1. The van der Waals surface area contributed by atoms with E-state index in [-0.39, 0.29) is 11.2 Å². The van der Waals surface area contributed by atoms with E-state index in [1.54, 1.807) is 7.11 Å². The van der Waals surface area contributed by atoms with E-state index in [1.165, 1.54) is 18.9 Å². The zero-order valence-corrected chi connectivity index (χ0v) is 10.3. The Kier molecular flexibility index (Phi) is 5.14. The second-order valence-corrected chi connectivity index (χ2v) is 4.52. The van der Waals surface area contributed by atoms with Crippen LogP contribution in [0, 0.1) is 0 Å². The first-order valence-electron chi connectivity index (χ1n) is 4.81. The van der Waals surface area contributed by atoms with Crippen molar-refractivity contribution in [2.75, 3.05) is 14.2 Å². The summed E-state index contributed by atoms with van der Waals surface area (Å²) >= 11 is 1.46. The van der Waals surface area contributed by atoms with Gasteiger partial charge in [-0.05, 0) is 31.2 Å². The average Bonchev–Trinajstić information content (AvgIpc) is 2.30. The lowest BCUT2D eigenvalue weighted by Gasteiger charge is -2.10. The van der Waals surface area contributed by atoms with Gasteiger partial charge in [-0.3, -0.25) is 9.63 Å². The molecule has 0 spiro atoms. The Morgan fingerprint density at radius 3 is 2.44 bits per heavy atom. The van der Waals surface area contributed by atoms with Crippen LogP contribution in [0.15, 0.2) is 29.2 Å². The van der Waals surface area contributed by atoms with Gasteiger partial charge in [-0.2, -0.15) is 0 Å². The lowest BCUT2D eigenvalue weighted by molar-refractivity contribution is -0.130. The van der Waals surface area contributed by atoms with Crippen LogP contribution in [0.25, 0.3) is 0 Å². The first-order valence-corrected chi connectivity index (χ1v) is 5.69. The number of ether oxygens (including phenoxy) is 1. The van der Waals surface area contributed by atoms with Crippen LogP contribution in [0.4, 0.5) is 0 Å². The molecule has 4 nitrogen and oxygen atoms in total. The fraction of sp³-hybridized carbons (Fsp3) is 0.364. The van der Waals surface area contributed by atoms with Gasteiger partial charge in [0.1, 0.15) is 5.75 Å². The Morgan fingerprint density at radius 1 is 1.31 bits per heavy atom. The number of nitrogens with one attached hydrogen (secondary N) is 1. The van der Waals surface area contributed by atoms with Crippen molar-refractivity contribution < 1.29 is 14.4 Å². The van der Waals surface area contributed by atoms with Crippen molar-refractivity contribution in [1.82, 2.24) is 5.48 Å². The van der Waals surface area contributed by atoms with E-state index in [4.69, 9.17) is 4.74 Å². The molecule has 0 aliphatic carbocycles. The van der Waals surface area contributed by atoms with Crippen molar-refractivity contribution in [3.8, 4) is 5.75 Å². The molecule has 88 valence electrons. The van der Waals surface area contributed by atoms with E-state index < -0.39 is 0 Å². The van der Waals surface area contributed by atoms with Crippen LogP contribution in [-0.2, 0) is 9.63 Å². The Labute approximate surface area is 99.3 Å². The van der Waals surface area contributed by atoms with Crippen LogP contribution in [0.1, 0.15) is 6.92 Å². The maximum Gasteiger partial charge on any atom is 0.256 e. The predicted molar refractivity (Wildman–Crippen MR) is 63.5 cm³/mol. The van der Waals surface area contributed by atoms with E-state index in [0.717, 1.165) is 10.6 Å². The summed E-state index contributed by atoms with van der Waals surface area (Å²) in [6.07, 6.45) is 0. The summed E-state index contributed by atoms with van der Waals surface area (Å²) in [5.41, 5.74) is 2.30. The molecule has 1 amide bonds. The van der Waals surface area contributed by atoms with Crippen LogP contribution < -0.4 is 10.2 Å². The van der Waals surface area contributed by atoms with Crippen LogP contribution in [-0.4, -0.2) is 25.4 Å². The molecule has 0 saturated carbocycles. The highest BCUT2D eigenvalue weighted by atomic mass is 32.2. The molecule has 0 fully saturated rings. The zero-order chi connectivity index (χ0) is 12.0. The third kappa shape index (κ3) is 3.75. The summed E-state index contributed by atoms with van der Waals surface area (Å²) < 4.78 is 5.05. The van der Waals surface area contributed by atoms with Gasteiger partial charge in [0.2, 0.25) is 0 Å². The van der Waals surface area contributed by atoms with Gasteiger partial charge in [-0.1, -0.05) is 0 Å². The smallest absolute Gasteiger partial charge is 0.256 e. The van der Waals surface area contributed by atoms with E-state index in [9.17, 15) is 4.79 Å². The van der Waals surface area contributed by atoms with Gasteiger partial charge in [0.05, 0.1) is 19.5 Å². The maximum absolute atomic E-state index is 11.4. The van der Waals surface area contributed by atoms with Gasteiger partial charge in [0.15, 0.2) is 0 Å². The molecule has 0 aromatic heterocycles. The molecule has 1 N–H and O–H groups in total. The zero-order valence-electron chi connectivity index (χ0n) is 9.52. The van der Waals surface area contributed by atoms with Gasteiger partial charge in [0, 0.05) is 4.90 Å². The number of methoxy groups -OCH3 is 1. The third-order valence-electron chi connectivity index (χ3n) is 1.94. The van der Waals surface area contributed by atoms with Crippen LogP contribution in [0.3, 0.4) is 0 Å². The van der Waals surface area contributed by atoms with Crippen LogP contribution in [0.2, 0.25) is 0 Å². The number of rotatable bonds is 5. The number of hydrogen-bond donors (Lipinski definition) is 1. The summed E-state index contributed by atoms with van der Waals surface area (Å²) in [7, 11) is 3.04. The van der Waals surface area contributed by atoms with E-state index in [1.807, 2.05) is 31.2 Å². The molecule has 0 bridgehead atoms. The quantitative estimate of drug-likeness (QED) is 0.631. The molecule has 1 aromatic rings. The van der Waals surface area contributed by atoms with Crippen molar-refractivity contribution in [3.05, 3.63) is 24.3 Å². The number of carbonyl (C=O) groups excluding carboxylic acids is 1. The highest BCUT2D eigenvalue weighted by Crippen LogP contribution is 2.25. The monoisotopic (exact) mass is 241 g/mol. The lowest BCUT2D eigenvalue weighted by atomic mass is 10.3. The van der Waals surface area contributed by atoms with Crippen molar-refractivity contribution in [2.45, 2.75) is 17.1 Å². The Morgan fingerprint density at radius 2 is 1.94 bits per heavy atom. The molecule has 1 rings (SSSR count). The Hall–Kier alpha value is -1.20. The van der Waals surface area contributed by atoms with Crippen LogP contribution in [0.5, 0.6) is 5.75 Å². The Balaban J connectivity index is 2.55. The number of carbonyl (C=O) groups is 1. The average molecular weight is 241 g/mol. The van der Waals surface area contributed by atoms with Gasteiger partial charge in [-0.15, -0.1) is 11.8 Å². The SMILES string of the molecule is CONC(=O)[C@@H](C)Sc1ccc(OC)cc1. The molecular formula is C11H15NO3S. The van der Waals surface area contributed by atoms with E-state index in [0.29, 0.717) is 0 Å². The largest absolute Gasteiger partial charge is 0.497 e. The van der Waals surface area contributed by atoms with Crippen molar-refractivity contribution in [1.29, 1.82) is 0 Å². The number of benzene rings is 1. The van der Waals surface area contributed by atoms with E-state index in [2.05, 4.69) is 10.3 Å². The molecule has 1 atom stereocenters. The minimum absolute atomic E-state index is 0.150. The lowest BCUT2D eigenvalue weighted by Crippen LogP contribution is -2.29. The summed E-state index contributed by atoms with van der Waals surface area (Å²) in [6, 6.07) is 7.56. The molecule has 0 unspecified atom stereocenters. The molecule has 16 heavy (non-hydrogen) atoms. The van der Waals surface area contributed by atoms with Crippen molar-refractivity contribution in [3.63, 3.8) is 0 Å². The predicted octanol–water partition coefficient (Wildman–Crippen LogP) is 1.85. The highest BCUT2D eigenvalue weighted by Gasteiger charge is 2.13. The molecule has 0 aliphatic rings. The molecular weight excluding hydrogens is 226 g/mol. The fourth-order valence-corrected chi connectivity index (χ4v) is 1.95. The summed E-state index contributed by atoms with van der Waals surface area (Å²) in [4.78, 5) is 17.0. The van der Waals surface area contributed by atoms with Crippen molar-refractivity contribution >= 4 is 17.7 Å². The maximum atomic E-state index is 11.4. The number of thioether (sulfide) groups is 1. The minimum atomic E-state index is -0.201. The summed E-state index contributed by atoms with van der Waals surface area (Å²) in [5.74, 6) is 0.654. The molecule has 5 heteroatoms. The topological polar surface area (TPSA) is 47.6 Å². The third-order valence-corrected chi connectivity index (χ3v) is 3.06. The van der Waals surface area contributed by atoms with Crippen LogP contribution >= 0.6 is 11.8 Å². The second-order valence-electron chi connectivity index (χ2n) is 3.11. The van der Waals surface area contributed by atoms with Gasteiger partial charge in [-0.25, -0.2) is 5.48 Å². The molecule has 0 radical (unpaired) electrons. The standard InChI is InChI=1S/C11H15NO3S/c1-8(11(13)12-15-3)16-10-6-4-9(14-2)5-7-10/h4-8H,1-3H3,(H,12,13)/t8-/m1/s1. The van der Waals surface area contributed by atoms with E-state index >= 15 is 0 Å². The van der Waals surface area contributed by atoms with Gasteiger partial charge >= 0.3 is 0 Å². The first kappa shape index (κ1) is 12.9. The molecule has 0 saturated heterocycles. The number of hydrogen-bond acceptors (Lipinski definition) is 4.